The Morgan fingerprint density at radius 2 is 1.79 bits per heavy atom. The van der Waals surface area contributed by atoms with Crippen LogP contribution in [-0.2, 0) is 11.3 Å². The summed E-state index contributed by atoms with van der Waals surface area (Å²) < 4.78 is 12.4. The lowest BCUT2D eigenvalue weighted by Crippen LogP contribution is -2.36. The van der Waals surface area contributed by atoms with Crippen LogP contribution in [0.3, 0.4) is 0 Å². The van der Waals surface area contributed by atoms with Gasteiger partial charge in [0.25, 0.3) is 5.91 Å². The van der Waals surface area contributed by atoms with Gasteiger partial charge in [-0.25, -0.2) is 0 Å². The third-order valence-electron chi connectivity index (χ3n) is 4.77. The maximum atomic E-state index is 12.7. The summed E-state index contributed by atoms with van der Waals surface area (Å²) in [5.41, 5.74) is 2.46. The summed E-state index contributed by atoms with van der Waals surface area (Å²) in [6.45, 7) is 9.81. The molecular weight excluding hydrogens is 372 g/mol. The number of hydrogen-bond acceptors (Lipinski definition) is 5. The van der Waals surface area contributed by atoms with Crippen LogP contribution in [0, 0.1) is 19.8 Å². The Bertz CT molecular complexity index is 889. The third-order valence-corrected chi connectivity index (χ3v) is 4.77. The Balaban J connectivity index is 2.30. The second-order valence-corrected chi connectivity index (χ2v) is 7.40. The molecule has 8 nitrogen and oxygen atoms in total. The Morgan fingerprint density at radius 3 is 2.31 bits per heavy atom. The number of aromatic nitrogens is 2. The van der Waals surface area contributed by atoms with E-state index in [9.17, 15) is 9.59 Å². The number of methoxy groups -OCH3 is 2. The molecule has 1 unspecified atom stereocenters. The fraction of sp³-hybridized carbons (Fsp3) is 0.476. The van der Waals surface area contributed by atoms with Crippen molar-refractivity contribution in [2.75, 3.05) is 19.5 Å². The first-order chi connectivity index (χ1) is 13.7. The van der Waals surface area contributed by atoms with Crippen LogP contribution in [0.15, 0.2) is 18.2 Å². The molecule has 0 saturated carbocycles. The van der Waals surface area contributed by atoms with Gasteiger partial charge in [0.15, 0.2) is 11.5 Å². The zero-order valence-corrected chi connectivity index (χ0v) is 18.1. The summed E-state index contributed by atoms with van der Waals surface area (Å²) >= 11 is 0. The van der Waals surface area contributed by atoms with E-state index in [0.29, 0.717) is 28.7 Å². The average Bonchev–Trinajstić information content (AvgIpc) is 2.97. The van der Waals surface area contributed by atoms with Crippen molar-refractivity contribution in [1.82, 2.24) is 15.1 Å². The zero-order chi connectivity index (χ0) is 21.7. The van der Waals surface area contributed by atoms with Gasteiger partial charge in [-0.15, -0.1) is 0 Å². The predicted molar refractivity (Wildman–Crippen MR) is 112 cm³/mol. The van der Waals surface area contributed by atoms with Crippen molar-refractivity contribution in [3.05, 3.63) is 35.2 Å². The lowest BCUT2D eigenvalue weighted by Gasteiger charge is -2.19. The lowest BCUT2D eigenvalue weighted by molar-refractivity contribution is -0.117. The second kappa shape index (κ2) is 9.45. The fourth-order valence-electron chi connectivity index (χ4n) is 2.81. The molecule has 29 heavy (non-hydrogen) atoms. The van der Waals surface area contributed by atoms with Gasteiger partial charge in [0.05, 0.1) is 25.6 Å². The van der Waals surface area contributed by atoms with Gasteiger partial charge in [-0.2, -0.15) is 5.10 Å². The Morgan fingerprint density at radius 1 is 1.10 bits per heavy atom. The highest BCUT2D eigenvalue weighted by Gasteiger charge is 2.20. The van der Waals surface area contributed by atoms with Crippen molar-refractivity contribution >= 4 is 17.5 Å². The molecule has 1 atom stereocenters. The highest BCUT2D eigenvalue weighted by Crippen LogP contribution is 2.36. The van der Waals surface area contributed by atoms with Gasteiger partial charge in [0, 0.05) is 17.3 Å². The van der Waals surface area contributed by atoms with Crippen molar-refractivity contribution in [3.8, 4) is 11.5 Å². The van der Waals surface area contributed by atoms with Gasteiger partial charge in [-0.05, 0) is 44.9 Å². The molecule has 0 radical (unpaired) electrons. The molecule has 158 valence electrons. The molecule has 0 aliphatic rings. The van der Waals surface area contributed by atoms with Crippen LogP contribution in [0.4, 0.5) is 5.69 Å². The first-order valence-corrected chi connectivity index (χ1v) is 9.54. The van der Waals surface area contributed by atoms with E-state index < -0.39 is 0 Å². The van der Waals surface area contributed by atoms with Crippen molar-refractivity contribution in [2.45, 2.75) is 47.2 Å². The maximum absolute atomic E-state index is 12.7. The van der Waals surface area contributed by atoms with Crippen LogP contribution in [0.25, 0.3) is 0 Å². The van der Waals surface area contributed by atoms with Gasteiger partial charge in [0.2, 0.25) is 5.91 Å². The van der Waals surface area contributed by atoms with Crippen LogP contribution in [0.5, 0.6) is 11.5 Å². The number of nitrogens with zero attached hydrogens (tertiary/aromatic N) is 2. The van der Waals surface area contributed by atoms with E-state index in [-0.39, 0.29) is 24.4 Å². The number of carbonyl (C=O) groups excluding carboxylic acids is 2. The fourth-order valence-corrected chi connectivity index (χ4v) is 2.81. The summed E-state index contributed by atoms with van der Waals surface area (Å²) in [5.74, 6) is 0.464. The Kier molecular flexibility index (Phi) is 7.25. The van der Waals surface area contributed by atoms with Crippen LogP contribution >= 0.6 is 0 Å². The Hall–Kier alpha value is -3.03. The molecule has 1 aromatic heterocycles. The molecule has 0 aliphatic heterocycles. The van der Waals surface area contributed by atoms with Crippen LogP contribution in [0.2, 0.25) is 0 Å². The standard InChI is InChI=1S/C21H30N4O4/c1-12(2)15(5)22-21(27)16-9-17(20(29-7)18(10-16)28-6)23-19(26)11-25-14(4)8-13(3)24-25/h8-10,12,15H,11H2,1-7H3,(H,22,27)(H,23,26). The molecule has 0 aliphatic carbocycles. The van der Waals surface area contributed by atoms with Crippen molar-refractivity contribution in [2.24, 2.45) is 5.92 Å². The van der Waals surface area contributed by atoms with E-state index in [1.165, 1.54) is 14.2 Å². The number of nitrogens with one attached hydrogen (secondary N) is 2. The summed E-state index contributed by atoms with van der Waals surface area (Å²) in [6.07, 6.45) is 0. The van der Waals surface area contributed by atoms with Gasteiger partial charge >= 0.3 is 0 Å². The third kappa shape index (κ3) is 5.49. The Labute approximate surface area is 171 Å². The summed E-state index contributed by atoms with van der Waals surface area (Å²) in [6, 6.07) is 5.08. The molecule has 2 rings (SSSR count). The molecule has 2 N–H and O–H groups in total. The smallest absolute Gasteiger partial charge is 0.251 e. The first kappa shape index (κ1) is 22.3. The molecule has 0 spiro atoms. The van der Waals surface area contributed by atoms with Crippen LogP contribution < -0.4 is 20.1 Å². The minimum atomic E-state index is -0.287. The number of benzene rings is 1. The molecular formula is C21H30N4O4. The number of hydrogen-bond donors (Lipinski definition) is 2. The van der Waals surface area contributed by atoms with E-state index in [4.69, 9.17) is 9.47 Å². The maximum Gasteiger partial charge on any atom is 0.251 e. The first-order valence-electron chi connectivity index (χ1n) is 9.54. The molecule has 2 aromatic rings. The predicted octanol–water partition coefficient (Wildman–Crippen LogP) is 2.93. The molecule has 1 heterocycles. The molecule has 8 heteroatoms. The van der Waals surface area contributed by atoms with E-state index in [1.807, 2.05) is 40.7 Å². The highest BCUT2D eigenvalue weighted by molar-refractivity contribution is 5.99. The number of aryl methyl sites for hydroxylation is 2. The zero-order valence-electron chi connectivity index (χ0n) is 18.1. The van der Waals surface area contributed by atoms with Crippen LogP contribution in [-0.4, -0.2) is 41.9 Å². The second-order valence-electron chi connectivity index (χ2n) is 7.40. The van der Waals surface area contributed by atoms with Crippen molar-refractivity contribution in [1.29, 1.82) is 0 Å². The topological polar surface area (TPSA) is 94.5 Å². The largest absolute Gasteiger partial charge is 0.493 e. The number of ether oxygens (including phenoxy) is 2. The number of amides is 2. The van der Waals surface area contributed by atoms with E-state index in [2.05, 4.69) is 15.7 Å². The minimum Gasteiger partial charge on any atom is -0.493 e. The molecule has 0 saturated heterocycles. The summed E-state index contributed by atoms with van der Waals surface area (Å²) in [5, 5.41) is 10.1. The van der Waals surface area contributed by atoms with Crippen molar-refractivity contribution in [3.63, 3.8) is 0 Å². The number of rotatable bonds is 8. The van der Waals surface area contributed by atoms with Crippen molar-refractivity contribution < 1.29 is 19.1 Å². The van der Waals surface area contributed by atoms with Gasteiger partial charge < -0.3 is 20.1 Å². The number of anilines is 1. The van der Waals surface area contributed by atoms with Gasteiger partial charge in [0.1, 0.15) is 6.54 Å². The minimum absolute atomic E-state index is 0.000307. The van der Waals surface area contributed by atoms with Gasteiger partial charge in [-0.3, -0.25) is 14.3 Å². The normalized spacial score (nSPS) is 11.9. The summed E-state index contributed by atoms with van der Waals surface area (Å²) in [4.78, 5) is 25.3. The molecule has 1 aromatic carbocycles. The van der Waals surface area contributed by atoms with Gasteiger partial charge in [-0.1, -0.05) is 13.8 Å². The van der Waals surface area contributed by atoms with E-state index in [0.717, 1.165) is 11.4 Å². The molecule has 2 amide bonds. The van der Waals surface area contributed by atoms with Crippen LogP contribution in [0.1, 0.15) is 42.5 Å². The average molecular weight is 402 g/mol. The summed E-state index contributed by atoms with van der Waals surface area (Å²) in [7, 11) is 2.97. The monoisotopic (exact) mass is 402 g/mol. The SMILES string of the molecule is COc1cc(C(=O)NC(C)C(C)C)cc(NC(=O)Cn2nc(C)cc2C)c1OC. The number of carbonyl (C=O) groups is 2. The molecule has 0 bridgehead atoms. The molecule has 0 fully saturated rings. The van der Waals surface area contributed by atoms with E-state index >= 15 is 0 Å². The highest BCUT2D eigenvalue weighted by atomic mass is 16.5. The quantitative estimate of drug-likeness (QED) is 0.708. The van der Waals surface area contributed by atoms with E-state index in [1.54, 1.807) is 16.8 Å². The lowest BCUT2D eigenvalue weighted by atomic mass is 10.1.